The lowest BCUT2D eigenvalue weighted by Gasteiger charge is -2.27. The molecule has 1 aromatic carbocycles. The smallest absolute Gasteiger partial charge is 0.319 e. The Bertz CT molecular complexity index is 945. The summed E-state index contributed by atoms with van der Waals surface area (Å²) < 4.78 is 6.10. The molecule has 0 radical (unpaired) electrons. The molecule has 0 bridgehead atoms. The number of carbonyl (C=O) groups excluding carboxylic acids is 1. The molecule has 1 unspecified atom stereocenters. The number of rotatable bonds is 5. The van der Waals surface area contributed by atoms with Crippen molar-refractivity contribution < 1.29 is 9.53 Å². The fourth-order valence-electron chi connectivity index (χ4n) is 5.43. The molecule has 0 saturated carbocycles. The molecule has 1 aromatic rings. The Morgan fingerprint density at radius 1 is 1.15 bits per heavy atom. The van der Waals surface area contributed by atoms with Crippen LogP contribution in [0.2, 0.25) is 5.02 Å². The zero-order valence-corrected chi connectivity index (χ0v) is 21.3. The maximum atomic E-state index is 12.8. The summed E-state index contributed by atoms with van der Waals surface area (Å²) in [5.74, 6) is 0.902. The molecular weight excluding hydrogens is 434 g/mol. The monoisotopic (exact) mass is 471 g/mol. The first-order valence-electron chi connectivity index (χ1n) is 12.5. The number of carbonyl (C=O) groups is 1. The van der Waals surface area contributed by atoms with E-state index in [-0.39, 0.29) is 11.4 Å². The Morgan fingerprint density at radius 2 is 1.79 bits per heavy atom. The third kappa shape index (κ3) is 5.40. The highest BCUT2D eigenvalue weighted by Crippen LogP contribution is 2.44. The van der Waals surface area contributed by atoms with E-state index in [0.717, 1.165) is 73.4 Å². The number of aliphatic imine (C=N–C) groups is 1. The highest BCUT2D eigenvalue weighted by Gasteiger charge is 2.29. The van der Waals surface area contributed by atoms with Gasteiger partial charge in [0.1, 0.15) is 0 Å². The predicted octanol–water partition coefficient (Wildman–Crippen LogP) is 6.40. The molecule has 0 saturated heterocycles. The second kappa shape index (κ2) is 10.1. The molecule has 1 aliphatic heterocycles. The van der Waals surface area contributed by atoms with Crippen LogP contribution in [0.5, 0.6) is 0 Å². The first kappa shape index (κ1) is 24.1. The van der Waals surface area contributed by atoms with Crippen molar-refractivity contribution in [2.45, 2.75) is 91.5 Å². The van der Waals surface area contributed by atoms with Crippen molar-refractivity contribution in [3.8, 4) is 0 Å². The summed E-state index contributed by atoms with van der Waals surface area (Å²) in [7, 11) is 0. The summed E-state index contributed by atoms with van der Waals surface area (Å²) in [4.78, 5) is 17.7. The van der Waals surface area contributed by atoms with Crippen LogP contribution in [0.25, 0.3) is 0 Å². The minimum Gasteiger partial charge on any atom is -0.497 e. The maximum absolute atomic E-state index is 12.8. The molecule has 0 spiro atoms. The van der Waals surface area contributed by atoms with Gasteiger partial charge in [-0.2, -0.15) is 0 Å². The average Bonchev–Trinajstić information content (AvgIpc) is 3.46. The number of benzene rings is 1. The number of urea groups is 1. The molecule has 2 amide bonds. The molecule has 4 rings (SSSR count). The highest BCUT2D eigenvalue weighted by atomic mass is 35.5. The number of nitrogens with zero attached hydrogens (tertiary/aromatic N) is 1. The van der Waals surface area contributed by atoms with Crippen LogP contribution in [0, 0.1) is 5.41 Å². The van der Waals surface area contributed by atoms with Gasteiger partial charge in [0.15, 0.2) is 0 Å². The number of fused-ring (bicyclic) bond motifs is 2. The Balaban J connectivity index is 1.41. The van der Waals surface area contributed by atoms with Crippen LogP contribution in [-0.2, 0) is 30.4 Å². The largest absolute Gasteiger partial charge is 0.497 e. The van der Waals surface area contributed by atoms with E-state index in [1.807, 2.05) is 13.1 Å². The number of hydrogen-bond acceptors (Lipinski definition) is 3. The van der Waals surface area contributed by atoms with Gasteiger partial charge in [-0.25, -0.2) is 4.79 Å². The van der Waals surface area contributed by atoms with E-state index in [0.29, 0.717) is 25.6 Å². The minimum absolute atomic E-state index is 0.0892. The van der Waals surface area contributed by atoms with E-state index in [1.54, 1.807) is 0 Å². The Hall–Kier alpha value is -2.01. The van der Waals surface area contributed by atoms with Gasteiger partial charge in [-0.05, 0) is 87.0 Å². The minimum atomic E-state index is -0.146. The number of amides is 2. The summed E-state index contributed by atoms with van der Waals surface area (Å²) in [6.45, 7) is 9.88. The zero-order chi connectivity index (χ0) is 23.6. The quantitative estimate of drug-likeness (QED) is 0.521. The van der Waals surface area contributed by atoms with Crippen LogP contribution in [0.3, 0.4) is 0 Å². The summed E-state index contributed by atoms with van der Waals surface area (Å²) >= 11 is 6.71. The van der Waals surface area contributed by atoms with Crippen molar-refractivity contribution in [2.75, 3.05) is 18.5 Å². The SMILES string of the molecule is CCC1CC(C)(C)CO/C(C)=C(\CCNC(=O)Nc2c3c(c(Cl)c4c2CCC4)CCC3)C=N1. The van der Waals surface area contributed by atoms with Crippen molar-refractivity contribution in [2.24, 2.45) is 10.4 Å². The lowest BCUT2D eigenvalue weighted by Crippen LogP contribution is -2.31. The molecular formula is C27H38ClN3O2. The molecule has 0 fully saturated rings. The predicted molar refractivity (Wildman–Crippen MR) is 137 cm³/mol. The Morgan fingerprint density at radius 3 is 2.42 bits per heavy atom. The molecule has 2 N–H and O–H groups in total. The normalized spacial score (nSPS) is 23.7. The topological polar surface area (TPSA) is 62.7 Å². The van der Waals surface area contributed by atoms with E-state index >= 15 is 0 Å². The van der Waals surface area contributed by atoms with E-state index in [4.69, 9.17) is 21.3 Å². The number of anilines is 1. The van der Waals surface area contributed by atoms with Crippen LogP contribution in [0.4, 0.5) is 10.5 Å². The highest BCUT2D eigenvalue weighted by molar-refractivity contribution is 6.32. The summed E-state index contributed by atoms with van der Waals surface area (Å²) in [5, 5.41) is 7.20. The van der Waals surface area contributed by atoms with Crippen molar-refractivity contribution in [1.82, 2.24) is 5.32 Å². The van der Waals surface area contributed by atoms with E-state index in [1.165, 1.54) is 22.3 Å². The third-order valence-electron chi connectivity index (χ3n) is 7.32. The van der Waals surface area contributed by atoms with Gasteiger partial charge in [0.2, 0.25) is 0 Å². The van der Waals surface area contributed by atoms with Crippen LogP contribution in [0.15, 0.2) is 16.3 Å². The molecule has 0 aromatic heterocycles. The van der Waals surface area contributed by atoms with Gasteiger partial charge in [-0.15, -0.1) is 0 Å². The van der Waals surface area contributed by atoms with Gasteiger partial charge < -0.3 is 15.4 Å². The number of allylic oxidation sites excluding steroid dienone is 1. The van der Waals surface area contributed by atoms with Crippen LogP contribution >= 0.6 is 11.6 Å². The van der Waals surface area contributed by atoms with Crippen LogP contribution in [0.1, 0.15) is 82.1 Å². The Labute approximate surface area is 203 Å². The van der Waals surface area contributed by atoms with Crippen molar-refractivity contribution in [3.05, 3.63) is 38.6 Å². The van der Waals surface area contributed by atoms with Crippen LogP contribution < -0.4 is 10.6 Å². The van der Waals surface area contributed by atoms with Crippen molar-refractivity contribution in [3.63, 3.8) is 0 Å². The molecule has 5 nitrogen and oxygen atoms in total. The van der Waals surface area contributed by atoms with E-state index in [9.17, 15) is 4.79 Å². The molecule has 3 aliphatic rings. The van der Waals surface area contributed by atoms with Crippen molar-refractivity contribution >= 4 is 29.5 Å². The van der Waals surface area contributed by atoms with Gasteiger partial charge >= 0.3 is 6.03 Å². The molecule has 2 aliphatic carbocycles. The molecule has 33 heavy (non-hydrogen) atoms. The van der Waals surface area contributed by atoms with Gasteiger partial charge in [0, 0.05) is 34.5 Å². The zero-order valence-electron chi connectivity index (χ0n) is 20.6. The lowest BCUT2D eigenvalue weighted by atomic mass is 9.86. The van der Waals surface area contributed by atoms with Gasteiger partial charge in [-0.1, -0.05) is 32.4 Å². The second-order valence-corrected chi connectivity index (χ2v) is 10.9. The van der Waals surface area contributed by atoms with E-state index < -0.39 is 0 Å². The summed E-state index contributed by atoms with van der Waals surface area (Å²) in [6.07, 6.45) is 10.9. The standard InChI is InChI=1S/C27H38ClN3O2/c1-5-19-14-27(3,4)16-33-17(2)18(15-30-19)12-13-29-26(32)31-25-22-10-6-8-20(22)24(28)21-9-7-11-23(21)25/h15,19H,5-14,16H2,1-4H3,(H2,29,31,32)/b18-17+,30-15?. The van der Waals surface area contributed by atoms with Crippen LogP contribution in [-0.4, -0.2) is 31.4 Å². The summed E-state index contributed by atoms with van der Waals surface area (Å²) in [5.41, 5.74) is 7.17. The molecule has 1 atom stereocenters. The fraction of sp³-hybridized carbons (Fsp3) is 0.630. The average molecular weight is 472 g/mol. The van der Waals surface area contributed by atoms with Gasteiger partial charge in [-0.3, -0.25) is 4.99 Å². The summed E-state index contributed by atoms with van der Waals surface area (Å²) in [6, 6.07) is 0.155. The second-order valence-electron chi connectivity index (χ2n) is 10.5. The molecule has 1 heterocycles. The Kier molecular flexibility index (Phi) is 7.37. The lowest BCUT2D eigenvalue weighted by molar-refractivity contribution is 0.103. The molecule has 6 heteroatoms. The first-order chi connectivity index (χ1) is 15.8. The van der Waals surface area contributed by atoms with Gasteiger partial charge in [0.05, 0.1) is 18.4 Å². The fourth-order valence-corrected chi connectivity index (χ4v) is 5.85. The first-order valence-corrected chi connectivity index (χ1v) is 12.9. The number of nitrogens with one attached hydrogen (secondary N) is 2. The third-order valence-corrected chi connectivity index (χ3v) is 7.78. The number of halogens is 1. The molecule has 180 valence electrons. The van der Waals surface area contributed by atoms with E-state index in [2.05, 4.69) is 31.4 Å². The van der Waals surface area contributed by atoms with Crippen molar-refractivity contribution in [1.29, 1.82) is 0 Å². The van der Waals surface area contributed by atoms with Gasteiger partial charge in [0.25, 0.3) is 0 Å². The number of ether oxygens (including phenoxy) is 1. The number of hydrogen-bond donors (Lipinski definition) is 2. The maximum Gasteiger partial charge on any atom is 0.319 e.